The van der Waals surface area contributed by atoms with Gasteiger partial charge in [-0.25, -0.2) is 0 Å². The number of halogens is 1. The van der Waals surface area contributed by atoms with Crippen LogP contribution in [0.25, 0.3) is 10.8 Å². The molecule has 1 fully saturated rings. The minimum atomic E-state index is 0. The Bertz CT molecular complexity index is 692. The Morgan fingerprint density at radius 1 is 1.16 bits per heavy atom. The first-order valence-corrected chi connectivity index (χ1v) is 9.06. The van der Waals surface area contributed by atoms with E-state index >= 15 is 0 Å². The van der Waals surface area contributed by atoms with Crippen LogP contribution in [0.5, 0.6) is 0 Å². The first-order valence-electron chi connectivity index (χ1n) is 9.06. The van der Waals surface area contributed by atoms with Crippen LogP contribution in [-0.2, 0) is 11.3 Å². The summed E-state index contributed by atoms with van der Waals surface area (Å²) in [6.45, 7) is 5.10. The molecule has 1 aliphatic heterocycles. The van der Waals surface area contributed by atoms with E-state index in [1.165, 1.54) is 29.2 Å². The second-order valence-corrected chi connectivity index (χ2v) is 7.16. The van der Waals surface area contributed by atoms with Gasteiger partial charge in [0.2, 0.25) is 5.91 Å². The fourth-order valence-electron chi connectivity index (χ4n) is 3.79. The van der Waals surface area contributed by atoms with E-state index in [-0.39, 0.29) is 18.3 Å². The van der Waals surface area contributed by atoms with E-state index in [1.54, 1.807) is 0 Å². The van der Waals surface area contributed by atoms with Crippen LogP contribution in [0.2, 0.25) is 0 Å². The van der Waals surface area contributed by atoms with Gasteiger partial charge in [0, 0.05) is 20.0 Å². The third-order valence-electron chi connectivity index (χ3n) is 5.40. The molecular formula is C21H29ClN2O. The van der Waals surface area contributed by atoms with Gasteiger partial charge in [0.05, 0.1) is 0 Å². The summed E-state index contributed by atoms with van der Waals surface area (Å²) < 4.78 is 0. The van der Waals surface area contributed by atoms with Gasteiger partial charge in [-0.2, -0.15) is 0 Å². The van der Waals surface area contributed by atoms with E-state index < -0.39 is 0 Å². The molecule has 1 atom stereocenters. The summed E-state index contributed by atoms with van der Waals surface area (Å²) in [4.78, 5) is 14.5. The lowest BCUT2D eigenvalue weighted by molar-refractivity contribution is -0.131. The van der Waals surface area contributed by atoms with Crippen LogP contribution < -0.4 is 5.32 Å². The Hall–Kier alpha value is -1.58. The summed E-state index contributed by atoms with van der Waals surface area (Å²) in [6, 6.07) is 14.7. The number of benzene rings is 2. The first-order chi connectivity index (χ1) is 11.6. The summed E-state index contributed by atoms with van der Waals surface area (Å²) in [6.07, 6.45) is 3.05. The molecule has 0 spiro atoms. The Balaban J connectivity index is 0.00000225. The average molecular weight is 361 g/mol. The number of nitrogens with one attached hydrogen (secondary N) is 1. The predicted molar refractivity (Wildman–Crippen MR) is 107 cm³/mol. The van der Waals surface area contributed by atoms with Crippen molar-refractivity contribution in [2.75, 3.05) is 20.1 Å². The van der Waals surface area contributed by atoms with Crippen molar-refractivity contribution < 1.29 is 4.79 Å². The molecule has 0 bridgehead atoms. The number of fused-ring (bicyclic) bond motifs is 1. The third kappa shape index (κ3) is 4.96. The van der Waals surface area contributed by atoms with Gasteiger partial charge in [0.15, 0.2) is 0 Å². The summed E-state index contributed by atoms with van der Waals surface area (Å²) in [7, 11) is 1.93. The molecule has 1 saturated heterocycles. The predicted octanol–water partition coefficient (Wildman–Crippen LogP) is 4.25. The molecule has 1 unspecified atom stereocenters. The number of hydrogen-bond acceptors (Lipinski definition) is 2. The van der Waals surface area contributed by atoms with Gasteiger partial charge in [-0.3, -0.25) is 4.79 Å². The first kappa shape index (κ1) is 19.7. The highest BCUT2D eigenvalue weighted by Crippen LogP contribution is 2.25. The molecule has 3 nitrogen and oxygen atoms in total. The quantitative estimate of drug-likeness (QED) is 0.864. The highest BCUT2D eigenvalue weighted by atomic mass is 35.5. The van der Waals surface area contributed by atoms with E-state index in [9.17, 15) is 4.79 Å². The van der Waals surface area contributed by atoms with E-state index in [0.717, 1.165) is 13.1 Å². The standard InChI is InChI=1S/C21H28N2O.ClH/c1-16(17-10-12-22-13-11-17)14-21(24)23(2)15-19-8-5-7-18-6-3-4-9-20(18)19;/h3-9,16-17,22H,10-15H2,1-2H3;1H. The highest BCUT2D eigenvalue weighted by Gasteiger charge is 2.23. The van der Waals surface area contributed by atoms with E-state index in [0.29, 0.717) is 24.8 Å². The number of hydrogen-bond donors (Lipinski definition) is 1. The maximum atomic E-state index is 12.6. The van der Waals surface area contributed by atoms with Gasteiger partial charge in [-0.1, -0.05) is 49.4 Å². The number of piperidine rings is 1. The fourth-order valence-corrected chi connectivity index (χ4v) is 3.79. The molecule has 3 rings (SSSR count). The normalized spacial score (nSPS) is 16.2. The second kappa shape index (κ2) is 9.21. The molecule has 2 aromatic rings. The molecule has 2 aromatic carbocycles. The summed E-state index contributed by atoms with van der Waals surface area (Å²) in [5, 5.41) is 5.88. The van der Waals surface area contributed by atoms with Crippen molar-refractivity contribution in [1.29, 1.82) is 0 Å². The third-order valence-corrected chi connectivity index (χ3v) is 5.40. The van der Waals surface area contributed by atoms with Crippen molar-refractivity contribution >= 4 is 29.1 Å². The number of rotatable bonds is 5. The van der Waals surface area contributed by atoms with Gasteiger partial charge in [-0.05, 0) is 54.1 Å². The minimum absolute atomic E-state index is 0. The second-order valence-electron chi connectivity index (χ2n) is 7.16. The summed E-state index contributed by atoms with van der Waals surface area (Å²) in [5.41, 5.74) is 1.22. The molecule has 0 saturated carbocycles. The molecule has 25 heavy (non-hydrogen) atoms. The topological polar surface area (TPSA) is 32.3 Å². The van der Waals surface area contributed by atoms with E-state index in [4.69, 9.17) is 0 Å². The Labute approximate surface area is 157 Å². The Morgan fingerprint density at radius 2 is 1.84 bits per heavy atom. The molecular weight excluding hydrogens is 332 g/mol. The number of nitrogens with zero attached hydrogens (tertiary/aromatic N) is 1. The van der Waals surface area contributed by atoms with Crippen molar-refractivity contribution in [3.63, 3.8) is 0 Å². The fraction of sp³-hybridized carbons (Fsp3) is 0.476. The molecule has 1 heterocycles. The largest absolute Gasteiger partial charge is 0.341 e. The molecule has 0 aromatic heterocycles. The lowest BCUT2D eigenvalue weighted by Gasteiger charge is -2.29. The Kier molecular flexibility index (Phi) is 7.27. The van der Waals surface area contributed by atoms with E-state index in [2.05, 4.69) is 54.7 Å². The molecule has 0 aliphatic carbocycles. The average Bonchev–Trinajstić information content (AvgIpc) is 2.62. The van der Waals surface area contributed by atoms with Crippen LogP contribution in [-0.4, -0.2) is 30.9 Å². The SMILES string of the molecule is CC(CC(=O)N(C)Cc1cccc2ccccc12)C1CCNCC1.Cl. The van der Waals surface area contributed by atoms with E-state index in [1.807, 2.05) is 11.9 Å². The van der Waals surface area contributed by atoms with Gasteiger partial charge in [0.1, 0.15) is 0 Å². The van der Waals surface area contributed by atoms with Gasteiger partial charge in [-0.15, -0.1) is 12.4 Å². The number of carbonyl (C=O) groups excluding carboxylic acids is 1. The number of amides is 1. The van der Waals surface area contributed by atoms with Crippen molar-refractivity contribution in [3.05, 3.63) is 48.0 Å². The maximum Gasteiger partial charge on any atom is 0.222 e. The van der Waals surface area contributed by atoms with Crippen LogP contribution in [0.3, 0.4) is 0 Å². The molecule has 0 radical (unpaired) electrons. The van der Waals surface area contributed by atoms with Crippen LogP contribution in [0.1, 0.15) is 31.7 Å². The van der Waals surface area contributed by atoms with Crippen molar-refractivity contribution in [2.45, 2.75) is 32.7 Å². The highest BCUT2D eigenvalue weighted by molar-refractivity contribution is 5.86. The van der Waals surface area contributed by atoms with Crippen LogP contribution >= 0.6 is 12.4 Å². The van der Waals surface area contributed by atoms with Crippen molar-refractivity contribution in [1.82, 2.24) is 10.2 Å². The molecule has 136 valence electrons. The Morgan fingerprint density at radius 3 is 2.60 bits per heavy atom. The minimum Gasteiger partial charge on any atom is -0.341 e. The van der Waals surface area contributed by atoms with Gasteiger partial charge >= 0.3 is 0 Å². The van der Waals surface area contributed by atoms with Crippen LogP contribution in [0.4, 0.5) is 0 Å². The smallest absolute Gasteiger partial charge is 0.222 e. The molecule has 1 aliphatic rings. The maximum absolute atomic E-state index is 12.6. The lowest BCUT2D eigenvalue weighted by atomic mass is 9.84. The molecule has 4 heteroatoms. The summed E-state index contributed by atoms with van der Waals surface area (Å²) in [5.74, 6) is 1.41. The molecule has 1 amide bonds. The van der Waals surface area contributed by atoms with Gasteiger partial charge in [0.25, 0.3) is 0 Å². The van der Waals surface area contributed by atoms with Crippen molar-refractivity contribution in [2.24, 2.45) is 11.8 Å². The van der Waals surface area contributed by atoms with Crippen molar-refractivity contribution in [3.8, 4) is 0 Å². The zero-order chi connectivity index (χ0) is 16.9. The molecule has 1 N–H and O–H groups in total. The zero-order valence-electron chi connectivity index (χ0n) is 15.2. The van der Waals surface area contributed by atoms with Gasteiger partial charge < -0.3 is 10.2 Å². The monoisotopic (exact) mass is 360 g/mol. The number of carbonyl (C=O) groups is 1. The van der Waals surface area contributed by atoms with Crippen LogP contribution in [0, 0.1) is 11.8 Å². The zero-order valence-corrected chi connectivity index (χ0v) is 16.0. The van der Waals surface area contributed by atoms with Crippen LogP contribution in [0.15, 0.2) is 42.5 Å². The summed E-state index contributed by atoms with van der Waals surface area (Å²) >= 11 is 0. The lowest BCUT2D eigenvalue weighted by Crippen LogP contribution is -2.34.